The van der Waals surface area contributed by atoms with E-state index in [4.69, 9.17) is 9.47 Å². The number of sulfonamides is 1. The first-order valence-corrected chi connectivity index (χ1v) is 9.00. The minimum atomic E-state index is -3.84. The molecule has 0 atom stereocenters. The van der Waals surface area contributed by atoms with E-state index in [0.29, 0.717) is 38.5 Å². The fraction of sp³-hybridized carbons (Fsp3) is 0.571. The zero-order valence-electron chi connectivity index (χ0n) is 13.4. The molecule has 1 heterocycles. The topological polar surface area (TPSA) is 111 Å². The number of nitrogens with zero attached hydrogens (tertiary/aromatic N) is 2. The van der Waals surface area contributed by atoms with E-state index in [1.807, 2.05) is 0 Å². The van der Waals surface area contributed by atoms with Gasteiger partial charge in [-0.25, -0.2) is 8.42 Å². The smallest absolute Gasteiger partial charge is 0.270 e. The van der Waals surface area contributed by atoms with Crippen LogP contribution in [0.2, 0.25) is 0 Å². The molecule has 1 saturated heterocycles. The van der Waals surface area contributed by atoms with Crippen LogP contribution >= 0.6 is 0 Å². The molecule has 0 unspecified atom stereocenters. The molecule has 0 aromatic heterocycles. The summed E-state index contributed by atoms with van der Waals surface area (Å²) < 4.78 is 37.1. The molecule has 2 rings (SSSR count). The van der Waals surface area contributed by atoms with Crippen LogP contribution in [0.4, 0.5) is 11.4 Å². The molecule has 1 N–H and O–H groups in total. The number of rotatable bonds is 8. The van der Waals surface area contributed by atoms with Gasteiger partial charge in [-0.3, -0.25) is 10.1 Å². The molecule has 0 bridgehead atoms. The molecule has 0 aliphatic carbocycles. The highest BCUT2D eigenvalue weighted by Crippen LogP contribution is 2.29. The number of nitro benzene ring substituents is 1. The first-order valence-electron chi connectivity index (χ1n) is 7.56. The van der Waals surface area contributed by atoms with Crippen LogP contribution in [-0.4, -0.2) is 64.2 Å². The quantitative estimate of drug-likeness (QED) is 0.420. The number of non-ortho nitro benzene ring substituents is 1. The Morgan fingerprint density at radius 1 is 1.38 bits per heavy atom. The summed E-state index contributed by atoms with van der Waals surface area (Å²) in [5.41, 5.74) is 0.0903. The SMILES string of the molecule is COCCCNc1ccc([N+](=O)[O-])cc1S(=O)(=O)N1CCOCC1. The van der Waals surface area contributed by atoms with Crippen molar-refractivity contribution >= 4 is 21.4 Å². The molecular formula is C14H21N3O6S. The Labute approximate surface area is 140 Å². The van der Waals surface area contributed by atoms with Gasteiger partial charge in [-0.1, -0.05) is 0 Å². The Morgan fingerprint density at radius 3 is 2.71 bits per heavy atom. The van der Waals surface area contributed by atoms with Crippen molar-refractivity contribution in [3.63, 3.8) is 0 Å². The number of methoxy groups -OCH3 is 1. The Kier molecular flexibility index (Phi) is 6.49. The van der Waals surface area contributed by atoms with Crippen LogP contribution in [0.3, 0.4) is 0 Å². The molecule has 1 aromatic carbocycles. The lowest BCUT2D eigenvalue weighted by Crippen LogP contribution is -2.40. The molecule has 0 saturated carbocycles. The second-order valence-electron chi connectivity index (χ2n) is 5.23. The number of ether oxygens (including phenoxy) is 2. The summed E-state index contributed by atoms with van der Waals surface area (Å²) in [5.74, 6) is 0. The van der Waals surface area contributed by atoms with Gasteiger partial charge in [0.05, 0.1) is 23.8 Å². The molecule has 9 nitrogen and oxygen atoms in total. The standard InChI is InChI=1S/C14H21N3O6S/c1-22-8-2-5-15-13-4-3-12(17(18)19)11-14(13)24(20,21)16-6-9-23-10-7-16/h3-4,11,15H,2,5-10H2,1H3. The monoisotopic (exact) mass is 359 g/mol. The van der Waals surface area contributed by atoms with Crippen molar-refractivity contribution in [3.05, 3.63) is 28.3 Å². The fourth-order valence-corrected chi connectivity index (χ4v) is 3.95. The normalized spacial score (nSPS) is 16.0. The van der Waals surface area contributed by atoms with E-state index in [1.54, 1.807) is 7.11 Å². The molecule has 0 radical (unpaired) electrons. The maximum Gasteiger partial charge on any atom is 0.270 e. The van der Waals surface area contributed by atoms with Crippen molar-refractivity contribution in [2.24, 2.45) is 0 Å². The van der Waals surface area contributed by atoms with E-state index >= 15 is 0 Å². The summed E-state index contributed by atoms with van der Waals surface area (Å²) in [4.78, 5) is 10.3. The number of hydrogen-bond donors (Lipinski definition) is 1. The summed E-state index contributed by atoms with van der Waals surface area (Å²) >= 11 is 0. The molecule has 1 aliphatic rings. The number of morpholine rings is 1. The van der Waals surface area contributed by atoms with Gasteiger partial charge in [0.2, 0.25) is 10.0 Å². The van der Waals surface area contributed by atoms with Gasteiger partial charge in [0.25, 0.3) is 5.69 Å². The number of benzene rings is 1. The fourth-order valence-electron chi connectivity index (χ4n) is 2.35. The predicted molar refractivity (Wildman–Crippen MR) is 87.7 cm³/mol. The summed E-state index contributed by atoms with van der Waals surface area (Å²) in [6, 6.07) is 3.82. The van der Waals surface area contributed by atoms with Crippen LogP contribution in [0.25, 0.3) is 0 Å². The summed E-state index contributed by atoms with van der Waals surface area (Å²) in [7, 11) is -2.25. The third-order valence-electron chi connectivity index (χ3n) is 3.60. The van der Waals surface area contributed by atoms with Crippen molar-refractivity contribution in [3.8, 4) is 0 Å². The molecule has 0 spiro atoms. The molecule has 1 aliphatic heterocycles. The van der Waals surface area contributed by atoms with Crippen LogP contribution in [0.15, 0.2) is 23.1 Å². The highest BCUT2D eigenvalue weighted by Gasteiger charge is 2.30. The van der Waals surface area contributed by atoms with E-state index < -0.39 is 14.9 Å². The summed E-state index contributed by atoms with van der Waals surface area (Å²) in [6.45, 7) is 2.11. The van der Waals surface area contributed by atoms with E-state index in [1.165, 1.54) is 16.4 Å². The number of anilines is 1. The van der Waals surface area contributed by atoms with Gasteiger partial charge in [0, 0.05) is 45.5 Å². The van der Waals surface area contributed by atoms with Crippen molar-refractivity contribution < 1.29 is 22.8 Å². The lowest BCUT2D eigenvalue weighted by Gasteiger charge is -2.27. The third kappa shape index (κ3) is 4.41. The van der Waals surface area contributed by atoms with Crippen LogP contribution in [-0.2, 0) is 19.5 Å². The molecule has 1 fully saturated rings. The van der Waals surface area contributed by atoms with Crippen LogP contribution < -0.4 is 5.32 Å². The number of nitro groups is 1. The Morgan fingerprint density at radius 2 is 2.08 bits per heavy atom. The van der Waals surface area contributed by atoms with Crippen molar-refractivity contribution in [1.29, 1.82) is 0 Å². The van der Waals surface area contributed by atoms with E-state index in [9.17, 15) is 18.5 Å². The molecule has 134 valence electrons. The Bertz CT molecular complexity index is 673. The van der Waals surface area contributed by atoms with E-state index in [2.05, 4.69) is 5.32 Å². The highest BCUT2D eigenvalue weighted by molar-refractivity contribution is 7.89. The van der Waals surface area contributed by atoms with Crippen LogP contribution in [0.1, 0.15) is 6.42 Å². The average molecular weight is 359 g/mol. The average Bonchev–Trinajstić information content (AvgIpc) is 2.59. The maximum absolute atomic E-state index is 12.9. The van der Waals surface area contributed by atoms with Gasteiger partial charge in [0.1, 0.15) is 4.90 Å². The maximum atomic E-state index is 12.9. The van der Waals surface area contributed by atoms with Crippen molar-refractivity contribution in [2.75, 3.05) is 51.9 Å². The molecular weight excluding hydrogens is 338 g/mol. The zero-order chi connectivity index (χ0) is 17.6. The van der Waals surface area contributed by atoms with Crippen LogP contribution in [0.5, 0.6) is 0 Å². The minimum Gasteiger partial charge on any atom is -0.385 e. The molecule has 0 amide bonds. The van der Waals surface area contributed by atoms with Crippen molar-refractivity contribution in [2.45, 2.75) is 11.3 Å². The molecule has 24 heavy (non-hydrogen) atoms. The van der Waals surface area contributed by atoms with Crippen molar-refractivity contribution in [1.82, 2.24) is 4.31 Å². The third-order valence-corrected chi connectivity index (χ3v) is 5.54. The Hall–Kier alpha value is -1.75. The summed E-state index contributed by atoms with van der Waals surface area (Å²) in [5, 5.41) is 14.0. The highest BCUT2D eigenvalue weighted by atomic mass is 32.2. The predicted octanol–water partition coefficient (Wildman–Crippen LogP) is 1.06. The second-order valence-corrected chi connectivity index (χ2v) is 7.13. The van der Waals surface area contributed by atoms with Gasteiger partial charge in [-0.15, -0.1) is 0 Å². The molecule has 10 heteroatoms. The van der Waals surface area contributed by atoms with Gasteiger partial charge in [0.15, 0.2) is 0 Å². The first-order chi connectivity index (χ1) is 11.5. The molecule has 1 aromatic rings. The van der Waals surface area contributed by atoms with E-state index in [0.717, 1.165) is 6.07 Å². The first kappa shape index (κ1) is 18.6. The van der Waals surface area contributed by atoms with E-state index in [-0.39, 0.29) is 23.7 Å². The lowest BCUT2D eigenvalue weighted by atomic mass is 10.2. The van der Waals surface area contributed by atoms with Crippen LogP contribution in [0, 0.1) is 10.1 Å². The zero-order valence-corrected chi connectivity index (χ0v) is 14.3. The van der Waals surface area contributed by atoms with Gasteiger partial charge in [-0.05, 0) is 12.5 Å². The van der Waals surface area contributed by atoms with Gasteiger partial charge in [-0.2, -0.15) is 4.31 Å². The second kappa shape index (κ2) is 8.38. The lowest BCUT2D eigenvalue weighted by molar-refractivity contribution is -0.385. The largest absolute Gasteiger partial charge is 0.385 e. The van der Waals surface area contributed by atoms with Gasteiger partial charge >= 0.3 is 0 Å². The van der Waals surface area contributed by atoms with Gasteiger partial charge < -0.3 is 14.8 Å². The summed E-state index contributed by atoms with van der Waals surface area (Å²) in [6.07, 6.45) is 0.685. The minimum absolute atomic E-state index is 0.0870. The number of nitrogens with one attached hydrogen (secondary N) is 1. The number of hydrogen-bond acceptors (Lipinski definition) is 7. The Balaban J connectivity index is 2.32.